The third kappa shape index (κ3) is 4.07. The second kappa shape index (κ2) is 7.64. The Labute approximate surface area is 145 Å². The number of carbonyl (C=O) groups excluding carboxylic acids is 2. The van der Waals surface area contributed by atoms with Crippen LogP contribution in [0, 0.1) is 0 Å². The van der Waals surface area contributed by atoms with E-state index in [0.717, 1.165) is 23.9 Å². The zero-order valence-corrected chi connectivity index (χ0v) is 13.8. The Morgan fingerprint density at radius 3 is 2.65 bits per heavy atom. The topological polar surface area (TPSA) is 99.1 Å². The van der Waals surface area contributed by atoms with Crippen molar-refractivity contribution < 1.29 is 37.0 Å². The number of alkyl halides is 3. The largest absolute Gasteiger partial charge is 0.514 e. The molecule has 2 heterocycles. The molecule has 0 unspecified atom stereocenters. The number of methoxy groups -OCH3 is 1. The van der Waals surface area contributed by atoms with Gasteiger partial charge in [-0.2, -0.15) is 13.2 Å². The smallest absolute Gasteiger partial charge is 0.432 e. The van der Waals surface area contributed by atoms with Crippen LogP contribution in [0.5, 0.6) is 5.75 Å². The minimum Gasteiger partial charge on any atom is -0.432 e. The molecule has 0 aromatic carbocycles. The van der Waals surface area contributed by atoms with Crippen molar-refractivity contribution in [2.75, 3.05) is 32.4 Å². The van der Waals surface area contributed by atoms with Gasteiger partial charge in [0.15, 0.2) is 5.69 Å². The molecule has 0 bridgehead atoms. The Hall–Kier alpha value is -2.76. The molecule has 26 heavy (non-hydrogen) atoms. The number of hydrogen-bond donors (Lipinski definition) is 1. The van der Waals surface area contributed by atoms with E-state index >= 15 is 0 Å². The van der Waals surface area contributed by atoms with Gasteiger partial charge in [0.05, 0.1) is 6.61 Å². The van der Waals surface area contributed by atoms with E-state index < -0.39 is 47.8 Å². The summed E-state index contributed by atoms with van der Waals surface area (Å²) >= 11 is 0. The average Bonchev–Trinajstić information content (AvgIpc) is 2.56. The summed E-state index contributed by atoms with van der Waals surface area (Å²) in [7, 11) is 1.37. The van der Waals surface area contributed by atoms with Crippen LogP contribution in [0.3, 0.4) is 0 Å². The van der Waals surface area contributed by atoms with E-state index in [1.54, 1.807) is 0 Å². The van der Waals surface area contributed by atoms with Crippen LogP contribution in [0.25, 0.3) is 0 Å². The Morgan fingerprint density at radius 1 is 1.35 bits per heavy atom. The highest BCUT2D eigenvalue weighted by Crippen LogP contribution is 2.28. The highest BCUT2D eigenvalue weighted by atomic mass is 19.4. The fraction of sp³-hybridized carbons (Fsp3) is 0.500. The lowest BCUT2D eigenvalue weighted by molar-refractivity contribution is -0.172. The average molecular weight is 379 g/mol. The van der Waals surface area contributed by atoms with Crippen molar-refractivity contribution in [1.29, 1.82) is 0 Å². The van der Waals surface area contributed by atoms with E-state index in [0.29, 0.717) is 4.90 Å². The molecule has 2 rings (SSSR count). The first-order chi connectivity index (χ1) is 12.2. The summed E-state index contributed by atoms with van der Waals surface area (Å²) in [6.45, 7) is 0.246. The Morgan fingerprint density at radius 2 is 2.04 bits per heavy atom. The molecule has 0 fully saturated rings. The Balaban J connectivity index is 2.32. The summed E-state index contributed by atoms with van der Waals surface area (Å²) in [6.07, 6.45) is -4.81. The second-order valence-electron chi connectivity index (χ2n) is 5.23. The minimum absolute atomic E-state index is 0.0678. The molecule has 1 atom stereocenters. The molecule has 144 valence electrons. The number of pyridine rings is 1. The SMILES string of the molecule is COCCOC(=O)Oc1c2n(ccc1=O)NCN([C@H](C)C(F)(F)F)C2=O. The molecule has 1 amide bonds. The van der Waals surface area contributed by atoms with Gasteiger partial charge in [-0.1, -0.05) is 0 Å². The molecule has 0 aliphatic carbocycles. The third-order valence-corrected chi connectivity index (χ3v) is 3.56. The third-order valence-electron chi connectivity index (χ3n) is 3.56. The van der Waals surface area contributed by atoms with E-state index in [-0.39, 0.29) is 13.2 Å². The van der Waals surface area contributed by atoms with Crippen LogP contribution in [0.2, 0.25) is 0 Å². The van der Waals surface area contributed by atoms with Crippen LogP contribution in [0.1, 0.15) is 17.4 Å². The summed E-state index contributed by atoms with van der Waals surface area (Å²) < 4.78 is 53.9. The Kier molecular flexibility index (Phi) is 5.75. The summed E-state index contributed by atoms with van der Waals surface area (Å²) in [5.74, 6) is -1.85. The quantitative estimate of drug-likeness (QED) is 0.600. The molecule has 0 saturated heterocycles. The van der Waals surface area contributed by atoms with Gasteiger partial charge in [-0.15, -0.1) is 0 Å². The fourth-order valence-corrected chi connectivity index (χ4v) is 2.12. The predicted molar refractivity (Wildman–Crippen MR) is 80.5 cm³/mol. The monoisotopic (exact) mass is 379 g/mol. The van der Waals surface area contributed by atoms with Gasteiger partial charge >= 0.3 is 12.3 Å². The summed E-state index contributed by atoms with van der Waals surface area (Å²) in [6, 6.07) is -1.13. The molecule has 1 aliphatic rings. The van der Waals surface area contributed by atoms with E-state index in [1.807, 2.05) is 0 Å². The molecule has 12 heteroatoms. The number of ether oxygens (including phenoxy) is 3. The molecule has 1 aromatic rings. The van der Waals surface area contributed by atoms with E-state index in [1.165, 1.54) is 7.11 Å². The molecule has 0 saturated carbocycles. The van der Waals surface area contributed by atoms with Gasteiger partial charge in [0.2, 0.25) is 11.2 Å². The highest BCUT2D eigenvalue weighted by Gasteiger charge is 2.45. The number of nitrogens with zero attached hydrogens (tertiary/aromatic N) is 2. The van der Waals surface area contributed by atoms with Gasteiger partial charge in [0, 0.05) is 19.4 Å². The van der Waals surface area contributed by atoms with E-state index in [9.17, 15) is 27.6 Å². The molecule has 0 radical (unpaired) electrons. The van der Waals surface area contributed by atoms with Crippen LogP contribution in [0.4, 0.5) is 18.0 Å². The second-order valence-corrected chi connectivity index (χ2v) is 5.23. The fourth-order valence-electron chi connectivity index (χ4n) is 2.12. The van der Waals surface area contributed by atoms with Crippen LogP contribution in [0.15, 0.2) is 17.1 Å². The summed E-state index contributed by atoms with van der Waals surface area (Å²) in [4.78, 5) is 36.6. The van der Waals surface area contributed by atoms with Gasteiger partial charge in [0.25, 0.3) is 5.91 Å². The van der Waals surface area contributed by atoms with Crippen molar-refractivity contribution in [3.8, 4) is 5.75 Å². The van der Waals surface area contributed by atoms with Gasteiger partial charge in [-0.3, -0.25) is 14.3 Å². The maximum Gasteiger partial charge on any atom is 0.514 e. The van der Waals surface area contributed by atoms with Crippen molar-refractivity contribution in [1.82, 2.24) is 9.58 Å². The lowest BCUT2D eigenvalue weighted by Gasteiger charge is -2.36. The van der Waals surface area contributed by atoms with Gasteiger partial charge in [0.1, 0.15) is 19.3 Å². The standard InChI is InChI=1S/C14H16F3N3O6/c1-8(14(15,16)17)19-7-18-20-4-3-9(21)11(10(20)12(19)22)26-13(23)25-6-5-24-2/h3-4,8,18H,5-7H2,1-2H3/t8-/m1/s1. The van der Waals surface area contributed by atoms with Crippen LogP contribution in [-0.4, -0.2) is 60.8 Å². The zero-order chi connectivity index (χ0) is 19.5. The number of halogens is 3. The molecular formula is C14H16F3N3O6. The van der Waals surface area contributed by atoms with Crippen LogP contribution < -0.4 is 15.6 Å². The van der Waals surface area contributed by atoms with Crippen molar-refractivity contribution in [2.45, 2.75) is 19.1 Å². The number of rotatable bonds is 5. The van der Waals surface area contributed by atoms with Crippen LogP contribution >= 0.6 is 0 Å². The first-order valence-electron chi connectivity index (χ1n) is 7.37. The number of fused-ring (bicyclic) bond motifs is 1. The maximum absolute atomic E-state index is 12.9. The molecule has 1 N–H and O–H groups in total. The zero-order valence-electron chi connectivity index (χ0n) is 13.8. The number of amides is 1. The number of carbonyl (C=O) groups is 2. The Bertz CT molecular complexity index is 748. The highest BCUT2D eigenvalue weighted by molar-refractivity contribution is 5.97. The van der Waals surface area contributed by atoms with Gasteiger partial charge in [-0.25, -0.2) is 4.79 Å². The first-order valence-corrected chi connectivity index (χ1v) is 7.37. The van der Waals surface area contributed by atoms with Crippen molar-refractivity contribution in [2.24, 2.45) is 0 Å². The predicted octanol–water partition coefficient (Wildman–Crippen LogP) is 0.918. The summed E-state index contributed by atoms with van der Waals surface area (Å²) in [5.41, 5.74) is 1.12. The minimum atomic E-state index is -4.67. The van der Waals surface area contributed by atoms with Gasteiger partial charge < -0.3 is 24.5 Å². The first kappa shape index (κ1) is 19.6. The van der Waals surface area contributed by atoms with Crippen molar-refractivity contribution in [3.05, 3.63) is 28.2 Å². The molecule has 1 aliphatic heterocycles. The number of aromatic nitrogens is 1. The molecule has 9 nitrogen and oxygen atoms in total. The molecular weight excluding hydrogens is 363 g/mol. The van der Waals surface area contributed by atoms with Gasteiger partial charge in [-0.05, 0) is 6.92 Å². The van der Waals surface area contributed by atoms with Crippen molar-refractivity contribution >= 4 is 12.1 Å². The number of hydrogen-bond acceptors (Lipinski definition) is 7. The van der Waals surface area contributed by atoms with E-state index in [2.05, 4.69) is 14.9 Å². The van der Waals surface area contributed by atoms with E-state index in [4.69, 9.17) is 4.74 Å². The lowest BCUT2D eigenvalue weighted by atomic mass is 10.2. The maximum atomic E-state index is 12.9. The number of nitrogens with one attached hydrogen (secondary N) is 1. The van der Waals surface area contributed by atoms with Crippen LogP contribution in [-0.2, 0) is 9.47 Å². The normalized spacial score (nSPS) is 15.1. The molecule has 1 aromatic heterocycles. The molecule has 0 spiro atoms. The lowest BCUT2D eigenvalue weighted by Crippen LogP contribution is -2.54. The summed E-state index contributed by atoms with van der Waals surface area (Å²) in [5, 5.41) is 0. The van der Waals surface area contributed by atoms with Crippen molar-refractivity contribution in [3.63, 3.8) is 0 Å².